The normalized spacial score (nSPS) is 18.0. The number of hydrogen-bond acceptors (Lipinski definition) is 5. The standard InChI is InChI=1S/C25H33N5OS/c1-17-7-10-21(11-8-17)30-24-23(18(2)28-30)32-25(27-24)29-15-13-20(14-16-29)26-22(31)12-9-19-5-3-4-6-19/h7-8,10-11,19-20H,3-6,9,12-16H2,1-2H3,(H,26,31). The number of rotatable bonds is 6. The van der Waals surface area contributed by atoms with Crippen molar-refractivity contribution < 1.29 is 4.79 Å². The molecule has 1 amide bonds. The van der Waals surface area contributed by atoms with Crippen LogP contribution in [0.25, 0.3) is 16.0 Å². The molecule has 1 aromatic carbocycles. The monoisotopic (exact) mass is 451 g/mol. The van der Waals surface area contributed by atoms with E-state index in [0.717, 1.165) is 65.1 Å². The Morgan fingerprint density at radius 2 is 1.81 bits per heavy atom. The highest BCUT2D eigenvalue weighted by atomic mass is 32.1. The van der Waals surface area contributed by atoms with Gasteiger partial charge in [-0.25, -0.2) is 4.68 Å². The van der Waals surface area contributed by atoms with Crippen molar-refractivity contribution in [2.75, 3.05) is 18.0 Å². The minimum absolute atomic E-state index is 0.240. The number of carbonyl (C=O) groups is 1. The van der Waals surface area contributed by atoms with Crippen molar-refractivity contribution in [3.8, 4) is 5.69 Å². The number of aryl methyl sites for hydroxylation is 2. The molecule has 1 N–H and O–H groups in total. The number of hydrogen-bond donors (Lipinski definition) is 1. The molecule has 0 atom stereocenters. The Balaban J connectivity index is 1.20. The maximum Gasteiger partial charge on any atom is 0.220 e. The van der Waals surface area contributed by atoms with Crippen LogP contribution in [0.3, 0.4) is 0 Å². The van der Waals surface area contributed by atoms with Crippen molar-refractivity contribution in [1.82, 2.24) is 20.1 Å². The minimum atomic E-state index is 0.240. The molecular weight excluding hydrogens is 418 g/mol. The second-order valence-corrected chi connectivity index (χ2v) is 10.5. The van der Waals surface area contributed by atoms with Crippen LogP contribution < -0.4 is 10.2 Å². The third kappa shape index (κ3) is 4.53. The predicted molar refractivity (Wildman–Crippen MR) is 131 cm³/mol. The molecule has 3 aromatic rings. The van der Waals surface area contributed by atoms with Crippen LogP contribution in [-0.2, 0) is 4.79 Å². The molecule has 1 aliphatic carbocycles. The number of carbonyl (C=O) groups excluding carboxylic acids is 1. The van der Waals surface area contributed by atoms with E-state index < -0.39 is 0 Å². The predicted octanol–water partition coefficient (Wildman–Crippen LogP) is 5.15. The lowest BCUT2D eigenvalue weighted by molar-refractivity contribution is -0.122. The lowest BCUT2D eigenvalue weighted by atomic mass is 10.0. The molecular formula is C25H33N5OS. The fraction of sp³-hybridized carbons (Fsp3) is 0.560. The van der Waals surface area contributed by atoms with E-state index in [2.05, 4.69) is 48.3 Å². The highest BCUT2D eigenvalue weighted by Crippen LogP contribution is 2.34. The highest BCUT2D eigenvalue weighted by molar-refractivity contribution is 7.22. The van der Waals surface area contributed by atoms with Crippen LogP contribution in [0.4, 0.5) is 5.13 Å². The summed E-state index contributed by atoms with van der Waals surface area (Å²) in [4.78, 5) is 19.7. The number of benzene rings is 1. The van der Waals surface area contributed by atoms with Gasteiger partial charge in [0.15, 0.2) is 10.8 Å². The quantitative estimate of drug-likeness (QED) is 0.563. The largest absolute Gasteiger partial charge is 0.353 e. The Bertz CT molecular complexity index is 1070. The maximum absolute atomic E-state index is 12.4. The Kier molecular flexibility index (Phi) is 6.17. The van der Waals surface area contributed by atoms with Crippen molar-refractivity contribution in [2.45, 2.75) is 71.3 Å². The SMILES string of the molecule is Cc1ccc(-n2nc(C)c3sc(N4CCC(NC(=O)CCC5CCCC5)CC4)nc32)cc1. The molecule has 1 saturated heterocycles. The van der Waals surface area contributed by atoms with Gasteiger partial charge in [-0.05, 0) is 51.2 Å². The van der Waals surface area contributed by atoms with Gasteiger partial charge >= 0.3 is 0 Å². The molecule has 1 saturated carbocycles. The number of nitrogens with one attached hydrogen (secondary N) is 1. The summed E-state index contributed by atoms with van der Waals surface area (Å²) in [5.41, 5.74) is 4.24. The number of amides is 1. The number of fused-ring (bicyclic) bond motifs is 1. The van der Waals surface area contributed by atoms with E-state index in [0.29, 0.717) is 12.5 Å². The maximum atomic E-state index is 12.4. The molecule has 7 heteroatoms. The zero-order chi connectivity index (χ0) is 22.1. The zero-order valence-electron chi connectivity index (χ0n) is 19.1. The summed E-state index contributed by atoms with van der Waals surface area (Å²) in [7, 11) is 0. The van der Waals surface area contributed by atoms with Gasteiger partial charge in [-0.1, -0.05) is 54.7 Å². The van der Waals surface area contributed by atoms with Crippen LogP contribution in [0.15, 0.2) is 24.3 Å². The molecule has 3 heterocycles. The van der Waals surface area contributed by atoms with Crippen molar-refractivity contribution in [1.29, 1.82) is 0 Å². The summed E-state index contributed by atoms with van der Waals surface area (Å²) in [5, 5.41) is 9.07. The number of anilines is 1. The van der Waals surface area contributed by atoms with Crippen LogP contribution >= 0.6 is 11.3 Å². The lowest BCUT2D eigenvalue weighted by Gasteiger charge is -2.32. The average molecular weight is 452 g/mol. The van der Waals surface area contributed by atoms with E-state index >= 15 is 0 Å². The highest BCUT2D eigenvalue weighted by Gasteiger charge is 2.25. The summed E-state index contributed by atoms with van der Waals surface area (Å²) in [6.07, 6.45) is 9.04. The molecule has 0 unspecified atom stereocenters. The van der Waals surface area contributed by atoms with Crippen molar-refractivity contribution in [3.05, 3.63) is 35.5 Å². The first kappa shape index (κ1) is 21.4. The molecule has 2 fully saturated rings. The number of piperidine rings is 1. The van der Waals surface area contributed by atoms with Gasteiger partial charge in [-0.3, -0.25) is 4.79 Å². The van der Waals surface area contributed by atoms with Gasteiger partial charge in [0.2, 0.25) is 5.91 Å². The summed E-state index contributed by atoms with van der Waals surface area (Å²) in [5.74, 6) is 1.02. The van der Waals surface area contributed by atoms with E-state index in [1.165, 1.54) is 31.2 Å². The molecule has 0 radical (unpaired) electrons. The number of thiazole rings is 1. The number of aromatic nitrogens is 3. The van der Waals surface area contributed by atoms with Gasteiger partial charge in [0, 0.05) is 25.6 Å². The van der Waals surface area contributed by atoms with Crippen LogP contribution in [0.5, 0.6) is 0 Å². The van der Waals surface area contributed by atoms with E-state index in [4.69, 9.17) is 10.1 Å². The van der Waals surface area contributed by atoms with Gasteiger partial charge in [0.25, 0.3) is 0 Å². The first-order chi connectivity index (χ1) is 15.6. The van der Waals surface area contributed by atoms with Crippen molar-refractivity contribution >= 4 is 32.7 Å². The van der Waals surface area contributed by atoms with Gasteiger partial charge < -0.3 is 10.2 Å². The van der Waals surface area contributed by atoms with Gasteiger partial charge in [0.05, 0.1) is 16.1 Å². The van der Waals surface area contributed by atoms with Gasteiger partial charge in [-0.2, -0.15) is 10.1 Å². The lowest BCUT2D eigenvalue weighted by Crippen LogP contribution is -2.44. The molecule has 170 valence electrons. The first-order valence-electron chi connectivity index (χ1n) is 12.0. The average Bonchev–Trinajstić information content (AvgIpc) is 3.52. The molecule has 0 bridgehead atoms. The molecule has 0 spiro atoms. The zero-order valence-corrected chi connectivity index (χ0v) is 20.0. The topological polar surface area (TPSA) is 63.1 Å². The summed E-state index contributed by atoms with van der Waals surface area (Å²) >= 11 is 1.73. The second-order valence-electron chi connectivity index (χ2n) is 9.50. The summed E-state index contributed by atoms with van der Waals surface area (Å²) < 4.78 is 3.12. The van der Waals surface area contributed by atoms with Crippen molar-refractivity contribution in [3.63, 3.8) is 0 Å². The Labute approximate surface area is 194 Å². The van der Waals surface area contributed by atoms with E-state index in [1.807, 2.05) is 4.68 Å². The summed E-state index contributed by atoms with van der Waals surface area (Å²) in [6.45, 7) is 6.01. The Hall–Kier alpha value is -2.41. The molecule has 1 aliphatic heterocycles. The molecule has 6 nitrogen and oxygen atoms in total. The minimum Gasteiger partial charge on any atom is -0.353 e. The van der Waals surface area contributed by atoms with Crippen LogP contribution in [0.2, 0.25) is 0 Å². The molecule has 2 aromatic heterocycles. The fourth-order valence-corrected chi connectivity index (χ4v) is 6.11. The van der Waals surface area contributed by atoms with E-state index in [9.17, 15) is 4.79 Å². The van der Waals surface area contributed by atoms with E-state index in [-0.39, 0.29) is 5.91 Å². The Morgan fingerprint density at radius 3 is 2.53 bits per heavy atom. The molecule has 2 aliphatic rings. The first-order valence-corrected chi connectivity index (χ1v) is 12.9. The molecule has 5 rings (SSSR count). The number of nitrogens with zero attached hydrogens (tertiary/aromatic N) is 4. The van der Waals surface area contributed by atoms with E-state index in [1.54, 1.807) is 11.3 Å². The molecule has 32 heavy (non-hydrogen) atoms. The second kappa shape index (κ2) is 9.22. The van der Waals surface area contributed by atoms with Gasteiger partial charge in [-0.15, -0.1) is 0 Å². The van der Waals surface area contributed by atoms with Crippen LogP contribution in [0.1, 0.15) is 62.6 Å². The van der Waals surface area contributed by atoms with Crippen molar-refractivity contribution in [2.24, 2.45) is 5.92 Å². The van der Waals surface area contributed by atoms with Crippen LogP contribution in [0, 0.1) is 19.8 Å². The van der Waals surface area contributed by atoms with Crippen LogP contribution in [-0.4, -0.2) is 39.8 Å². The smallest absolute Gasteiger partial charge is 0.220 e. The third-order valence-electron chi connectivity index (χ3n) is 7.04. The summed E-state index contributed by atoms with van der Waals surface area (Å²) in [6, 6.07) is 8.71. The Morgan fingerprint density at radius 1 is 1.09 bits per heavy atom. The fourth-order valence-electron chi connectivity index (χ4n) is 5.07. The van der Waals surface area contributed by atoms with Gasteiger partial charge in [0.1, 0.15) is 0 Å². The third-order valence-corrected chi connectivity index (χ3v) is 8.25.